The molecule has 47 heavy (non-hydrogen) atoms. The van der Waals surface area contributed by atoms with Crippen molar-refractivity contribution >= 4 is 23.8 Å². The van der Waals surface area contributed by atoms with E-state index in [1.165, 1.54) is 0 Å². The van der Waals surface area contributed by atoms with Crippen molar-refractivity contribution in [3.8, 4) is 5.75 Å². The molecule has 1 aromatic heterocycles. The highest BCUT2D eigenvalue weighted by Gasteiger charge is 2.30. The van der Waals surface area contributed by atoms with Gasteiger partial charge in [0.1, 0.15) is 24.4 Å². The van der Waals surface area contributed by atoms with E-state index in [2.05, 4.69) is 21.4 Å². The van der Waals surface area contributed by atoms with E-state index in [1.807, 2.05) is 36.4 Å². The Morgan fingerprint density at radius 1 is 0.936 bits per heavy atom. The maximum atomic E-state index is 13.2. The lowest BCUT2D eigenvalue weighted by molar-refractivity contribution is -0.380. The van der Waals surface area contributed by atoms with Gasteiger partial charge in [-0.15, -0.1) is 0 Å². The van der Waals surface area contributed by atoms with Crippen LogP contribution in [-0.2, 0) is 32.2 Å². The average Bonchev–Trinajstić information content (AvgIpc) is 3.05. The molecule has 0 unspecified atom stereocenters. The molecule has 0 spiro atoms. The Bertz CT molecular complexity index is 1240. The Hall–Kier alpha value is -4.20. The zero-order valence-electron chi connectivity index (χ0n) is 26.4. The number of carbonyl (C=O) groups excluding carboxylic acids is 3. The van der Waals surface area contributed by atoms with Crippen LogP contribution in [-0.4, -0.2) is 59.2 Å². The van der Waals surface area contributed by atoms with E-state index < -0.39 is 24.2 Å². The van der Waals surface area contributed by atoms with Gasteiger partial charge in [0.15, 0.2) is 0 Å². The van der Waals surface area contributed by atoms with E-state index in [4.69, 9.17) is 19.7 Å². The maximum Gasteiger partial charge on any atom is 0.430 e. The lowest BCUT2D eigenvalue weighted by atomic mass is 9.81. The van der Waals surface area contributed by atoms with Crippen LogP contribution in [0.15, 0.2) is 48.8 Å². The number of ether oxygens (including phenoxy) is 1. The lowest BCUT2D eigenvalue weighted by Crippen LogP contribution is -2.54. The highest BCUT2D eigenvalue weighted by molar-refractivity contribution is 5.88. The number of alkyl halides is 3. The van der Waals surface area contributed by atoms with Crippen LogP contribution in [0.2, 0.25) is 0 Å². The number of aliphatic carboxylic acids is 2. The number of benzene rings is 1. The van der Waals surface area contributed by atoms with Crippen molar-refractivity contribution in [2.45, 2.75) is 89.5 Å². The fourth-order valence-electron chi connectivity index (χ4n) is 5.08. The minimum Gasteiger partial charge on any atom is -0.542 e. The minimum atomic E-state index is -5.19. The van der Waals surface area contributed by atoms with Gasteiger partial charge in [-0.05, 0) is 73.9 Å². The second kappa shape index (κ2) is 20.8. The molecule has 1 aliphatic carbocycles. The van der Waals surface area contributed by atoms with E-state index in [-0.39, 0.29) is 24.2 Å². The van der Waals surface area contributed by atoms with Crippen molar-refractivity contribution in [3.63, 3.8) is 0 Å². The molecular weight excluding hydrogens is 621 g/mol. The van der Waals surface area contributed by atoms with Crippen LogP contribution in [0.3, 0.4) is 0 Å². The normalized spacial score (nSPS) is 16.6. The van der Waals surface area contributed by atoms with Gasteiger partial charge in [0.25, 0.3) is 0 Å². The molecule has 3 rings (SSSR count). The van der Waals surface area contributed by atoms with Gasteiger partial charge in [0.05, 0.1) is 6.54 Å². The van der Waals surface area contributed by atoms with Crippen molar-refractivity contribution in [2.24, 2.45) is 11.8 Å². The Morgan fingerprint density at radius 2 is 1.53 bits per heavy atom. The van der Waals surface area contributed by atoms with Crippen LogP contribution in [0.4, 0.5) is 13.2 Å². The number of carboxylic acids is 2. The molecule has 14 heteroatoms. The van der Waals surface area contributed by atoms with Gasteiger partial charge < -0.3 is 36.1 Å². The highest BCUT2D eigenvalue weighted by Crippen LogP contribution is 2.28. The maximum absolute atomic E-state index is 13.2. The molecule has 2 aromatic rings. The van der Waals surface area contributed by atoms with Crippen LogP contribution in [0, 0.1) is 11.8 Å². The van der Waals surface area contributed by atoms with Gasteiger partial charge in [-0.1, -0.05) is 31.4 Å². The monoisotopic (exact) mass is 666 g/mol. The molecule has 1 atom stereocenters. The van der Waals surface area contributed by atoms with Crippen molar-refractivity contribution in [2.75, 3.05) is 13.1 Å². The third-order valence-electron chi connectivity index (χ3n) is 7.87. The number of nitrogens with zero attached hydrogens (tertiary/aromatic N) is 1. The van der Waals surface area contributed by atoms with Crippen molar-refractivity contribution in [3.05, 3.63) is 59.9 Å². The van der Waals surface area contributed by atoms with E-state index in [1.54, 1.807) is 12.4 Å². The molecule has 1 fully saturated rings. The quantitative estimate of drug-likeness (QED) is 0.186. The van der Waals surface area contributed by atoms with Crippen LogP contribution in [0.1, 0.15) is 75.3 Å². The van der Waals surface area contributed by atoms with Gasteiger partial charge >= 0.3 is 12.1 Å². The predicted octanol–water partition coefficient (Wildman–Crippen LogP) is 2.58. The number of carboxylic acid groups (broad SMARTS) is 2. The van der Waals surface area contributed by atoms with Gasteiger partial charge in [-0.2, -0.15) is 13.2 Å². The molecule has 11 nitrogen and oxygen atoms in total. The number of hydrogen-bond acceptors (Lipinski definition) is 7. The molecule has 6 N–H and O–H groups in total. The summed E-state index contributed by atoms with van der Waals surface area (Å²) in [6, 6.07) is 10.8. The number of rotatable bonds is 17. The number of hydrogen-bond donors (Lipinski definition) is 4. The van der Waals surface area contributed by atoms with E-state index in [0.717, 1.165) is 74.8 Å². The zero-order valence-corrected chi connectivity index (χ0v) is 26.4. The van der Waals surface area contributed by atoms with E-state index in [9.17, 15) is 27.6 Å². The third kappa shape index (κ3) is 16.3. The number of quaternary nitrogens is 1. The summed E-state index contributed by atoms with van der Waals surface area (Å²) in [5.74, 6) is -2.73. The lowest BCUT2D eigenvalue weighted by Gasteiger charge is -2.27. The fourth-order valence-corrected chi connectivity index (χ4v) is 5.08. The first-order valence-electron chi connectivity index (χ1n) is 15.9. The summed E-state index contributed by atoms with van der Waals surface area (Å²) in [5.41, 5.74) is 5.98. The molecule has 0 aliphatic heterocycles. The smallest absolute Gasteiger partial charge is 0.430 e. The zero-order chi connectivity index (χ0) is 34.7. The minimum absolute atomic E-state index is 0.0432. The molecule has 0 saturated heterocycles. The average molecular weight is 667 g/mol. The first kappa shape index (κ1) is 39.0. The Kier molecular flexibility index (Phi) is 17.3. The van der Waals surface area contributed by atoms with Gasteiger partial charge in [0, 0.05) is 43.6 Å². The second-order valence-electron chi connectivity index (χ2n) is 11.5. The summed E-state index contributed by atoms with van der Waals surface area (Å²) < 4.78 is 37.4. The first-order valence-corrected chi connectivity index (χ1v) is 15.9. The fraction of sp³-hybridized carbons (Fsp3) is 0.545. The van der Waals surface area contributed by atoms with Crippen molar-refractivity contribution in [1.29, 1.82) is 0 Å². The molecule has 1 aromatic carbocycles. The number of pyridine rings is 1. The van der Waals surface area contributed by atoms with Crippen molar-refractivity contribution in [1.82, 2.24) is 15.6 Å². The highest BCUT2D eigenvalue weighted by atomic mass is 19.4. The summed E-state index contributed by atoms with van der Waals surface area (Å²) in [5, 5.41) is 23.6. The summed E-state index contributed by atoms with van der Waals surface area (Å²) in [6.45, 7) is 1.88. The standard InChI is InChI=1S/C31H44N4O5.C2HF3O2/c32-21-24-7-11-26(12-8-24)30(38)35-28(31(39)34-17-5-3-1-2-4-6-29(36)37)20-23-9-13-27(14-10-23)40-22-25-15-18-33-19-16-25;3-2(4,5)1(6)7/h9-10,13-16,18-19,24,26,28H,1-8,11-12,17,20-22,32H2,(H,34,39)(H,35,38)(H,36,37);(H,6,7)/t24?,26?,28-;/m0./s1. The second-order valence-corrected chi connectivity index (χ2v) is 11.5. The van der Waals surface area contributed by atoms with Crippen LogP contribution >= 0.6 is 0 Å². The Balaban J connectivity index is 0.000000984. The first-order chi connectivity index (χ1) is 22.4. The summed E-state index contributed by atoms with van der Waals surface area (Å²) >= 11 is 0. The predicted molar refractivity (Wildman–Crippen MR) is 163 cm³/mol. The molecule has 260 valence electrons. The molecule has 2 amide bonds. The molecule has 1 saturated carbocycles. The molecule has 0 radical (unpaired) electrons. The molecular formula is C33H45F3N4O7. The summed E-state index contributed by atoms with van der Waals surface area (Å²) in [6.07, 6.45) is 6.79. The molecule has 1 heterocycles. The van der Waals surface area contributed by atoms with Gasteiger partial charge in [0.2, 0.25) is 11.8 Å². The van der Waals surface area contributed by atoms with Crippen molar-refractivity contribution < 1.29 is 53.0 Å². The summed E-state index contributed by atoms with van der Waals surface area (Å²) in [7, 11) is 0. The Morgan fingerprint density at radius 3 is 2.11 bits per heavy atom. The van der Waals surface area contributed by atoms with Crippen LogP contribution < -0.4 is 26.2 Å². The SMILES string of the molecule is O=C([O-])C(F)(F)F.[NH3+]CC1CCC(C(=O)N[C@@H](Cc2ccc(OCc3ccncc3)cc2)C(=O)NCCCCCCCC(=O)O)CC1. The number of halogens is 3. The topological polar surface area (TPSA) is 185 Å². The molecule has 0 bridgehead atoms. The number of amides is 2. The largest absolute Gasteiger partial charge is 0.542 e. The third-order valence-corrected chi connectivity index (χ3v) is 7.87. The van der Waals surface area contributed by atoms with Crippen LogP contribution in [0.25, 0.3) is 0 Å². The van der Waals surface area contributed by atoms with Gasteiger partial charge in [-0.25, -0.2) is 0 Å². The summed E-state index contributed by atoms with van der Waals surface area (Å²) in [4.78, 5) is 49.7. The van der Waals surface area contributed by atoms with E-state index >= 15 is 0 Å². The Labute approximate surface area is 272 Å². The molecule has 1 aliphatic rings. The van der Waals surface area contributed by atoms with Gasteiger partial charge in [-0.3, -0.25) is 19.4 Å². The number of carbonyl (C=O) groups is 4. The number of unbranched alkanes of at least 4 members (excludes halogenated alkanes) is 4. The van der Waals surface area contributed by atoms with E-state index in [0.29, 0.717) is 31.9 Å². The number of aromatic nitrogens is 1. The number of nitrogens with one attached hydrogen (secondary N) is 2. The van der Waals surface area contributed by atoms with Crippen LogP contribution in [0.5, 0.6) is 5.75 Å².